The Kier molecular flexibility index (Phi) is 5.95. The predicted molar refractivity (Wildman–Crippen MR) is 85.5 cm³/mol. The van der Waals surface area contributed by atoms with Gasteiger partial charge in [0.1, 0.15) is 0 Å². The molecule has 0 aromatic heterocycles. The number of hydrogen-bond acceptors (Lipinski definition) is 2. The second kappa shape index (κ2) is 7.94. The minimum absolute atomic E-state index is 0.0260. The van der Waals surface area contributed by atoms with E-state index in [1.165, 1.54) is 5.56 Å². The van der Waals surface area contributed by atoms with Crippen molar-refractivity contribution in [2.45, 2.75) is 38.8 Å². The standard InChI is InChI=1S/C17H25N3O2/c1-13(8-9-15-6-4-3-5-7-15)19-17(22)14(2)20-11-10-18-16(21)12-20/h3-7,13-14H,8-12H2,1-2H3,(H,18,21)(H,19,22)/p+1/t13-,14+/m0/s1. The third kappa shape index (κ3) is 4.84. The van der Waals surface area contributed by atoms with Crippen LogP contribution in [0.3, 0.4) is 0 Å². The summed E-state index contributed by atoms with van der Waals surface area (Å²) in [5, 5.41) is 5.86. The van der Waals surface area contributed by atoms with Crippen LogP contribution in [0.15, 0.2) is 30.3 Å². The molecular weight excluding hydrogens is 278 g/mol. The molecule has 0 radical (unpaired) electrons. The lowest BCUT2D eigenvalue weighted by molar-refractivity contribution is -0.907. The number of piperazine rings is 1. The molecule has 5 nitrogen and oxygen atoms in total. The molecule has 22 heavy (non-hydrogen) atoms. The monoisotopic (exact) mass is 304 g/mol. The first-order chi connectivity index (χ1) is 10.6. The molecule has 3 atom stereocenters. The number of quaternary nitrogens is 1. The van der Waals surface area contributed by atoms with Crippen LogP contribution in [0.5, 0.6) is 0 Å². The first kappa shape index (κ1) is 16.5. The van der Waals surface area contributed by atoms with E-state index >= 15 is 0 Å². The minimum Gasteiger partial charge on any atom is -0.348 e. The van der Waals surface area contributed by atoms with E-state index in [0.717, 1.165) is 24.3 Å². The maximum Gasteiger partial charge on any atom is 0.278 e. The lowest BCUT2D eigenvalue weighted by Gasteiger charge is -2.29. The zero-order valence-electron chi connectivity index (χ0n) is 13.4. The average molecular weight is 304 g/mol. The summed E-state index contributed by atoms with van der Waals surface area (Å²) < 4.78 is 0. The molecule has 120 valence electrons. The fraction of sp³-hybridized carbons (Fsp3) is 0.529. The highest BCUT2D eigenvalue weighted by Crippen LogP contribution is 2.04. The number of nitrogens with one attached hydrogen (secondary N) is 3. The Hall–Kier alpha value is -1.88. The molecule has 1 unspecified atom stereocenters. The lowest BCUT2D eigenvalue weighted by Crippen LogP contribution is -3.19. The molecule has 5 heteroatoms. The number of rotatable bonds is 6. The van der Waals surface area contributed by atoms with Crippen LogP contribution in [0.2, 0.25) is 0 Å². The number of hydrogen-bond donors (Lipinski definition) is 3. The van der Waals surface area contributed by atoms with E-state index in [-0.39, 0.29) is 23.9 Å². The Morgan fingerprint density at radius 1 is 1.32 bits per heavy atom. The van der Waals surface area contributed by atoms with Crippen LogP contribution in [-0.4, -0.2) is 43.5 Å². The van der Waals surface area contributed by atoms with Crippen molar-refractivity contribution in [3.63, 3.8) is 0 Å². The molecule has 3 N–H and O–H groups in total. The number of aryl methyl sites for hydroxylation is 1. The van der Waals surface area contributed by atoms with Crippen LogP contribution in [0.4, 0.5) is 0 Å². The highest BCUT2D eigenvalue weighted by molar-refractivity contribution is 5.81. The van der Waals surface area contributed by atoms with Crippen molar-refractivity contribution in [2.75, 3.05) is 19.6 Å². The van der Waals surface area contributed by atoms with Gasteiger partial charge in [-0.05, 0) is 32.3 Å². The lowest BCUT2D eigenvalue weighted by atomic mass is 10.1. The van der Waals surface area contributed by atoms with Crippen LogP contribution >= 0.6 is 0 Å². The van der Waals surface area contributed by atoms with Gasteiger partial charge in [-0.2, -0.15) is 0 Å². The van der Waals surface area contributed by atoms with E-state index in [4.69, 9.17) is 0 Å². The average Bonchev–Trinajstić information content (AvgIpc) is 2.53. The summed E-state index contributed by atoms with van der Waals surface area (Å²) in [5.41, 5.74) is 1.29. The van der Waals surface area contributed by atoms with E-state index in [1.807, 2.05) is 32.0 Å². The molecule has 0 bridgehead atoms. The molecule has 1 aromatic carbocycles. The molecule has 1 saturated heterocycles. The van der Waals surface area contributed by atoms with Crippen molar-refractivity contribution in [2.24, 2.45) is 0 Å². The van der Waals surface area contributed by atoms with Crippen molar-refractivity contribution in [3.05, 3.63) is 35.9 Å². The van der Waals surface area contributed by atoms with E-state index in [1.54, 1.807) is 0 Å². The van der Waals surface area contributed by atoms with Gasteiger partial charge in [0.15, 0.2) is 12.6 Å². The maximum absolute atomic E-state index is 12.3. The van der Waals surface area contributed by atoms with Gasteiger partial charge in [0, 0.05) is 6.04 Å². The van der Waals surface area contributed by atoms with Gasteiger partial charge in [0.25, 0.3) is 11.8 Å². The summed E-state index contributed by atoms with van der Waals surface area (Å²) in [6.45, 7) is 5.76. The van der Waals surface area contributed by atoms with Crippen molar-refractivity contribution in [1.82, 2.24) is 10.6 Å². The molecule has 1 aromatic rings. The molecule has 0 aliphatic carbocycles. The zero-order chi connectivity index (χ0) is 15.9. The van der Waals surface area contributed by atoms with Crippen LogP contribution in [0.25, 0.3) is 0 Å². The summed E-state index contributed by atoms with van der Waals surface area (Å²) in [4.78, 5) is 24.8. The smallest absolute Gasteiger partial charge is 0.278 e. The van der Waals surface area contributed by atoms with Gasteiger partial charge in [-0.15, -0.1) is 0 Å². The third-order valence-corrected chi connectivity index (χ3v) is 4.26. The molecular formula is C17H26N3O2+. The second-order valence-electron chi connectivity index (χ2n) is 6.09. The predicted octanol–water partition coefficient (Wildman–Crippen LogP) is -0.473. The summed E-state index contributed by atoms with van der Waals surface area (Å²) >= 11 is 0. The molecule has 2 amide bonds. The first-order valence-corrected chi connectivity index (χ1v) is 8.02. The van der Waals surface area contributed by atoms with Crippen molar-refractivity contribution < 1.29 is 14.5 Å². The minimum atomic E-state index is -0.190. The van der Waals surface area contributed by atoms with E-state index in [2.05, 4.69) is 22.8 Å². The Balaban J connectivity index is 1.76. The SMILES string of the molecule is C[C@H](C(=O)N[C@@H](C)CCc1ccccc1)[NH+]1CCNC(=O)C1. The quantitative estimate of drug-likeness (QED) is 0.665. The molecule has 1 heterocycles. The topological polar surface area (TPSA) is 62.6 Å². The summed E-state index contributed by atoms with van der Waals surface area (Å²) in [5.74, 6) is 0.0586. The molecule has 1 fully saturated rings. The molecule has 0 saturated carbocycles. The van der Waals surface area contributed by atoms with Crippen molar-refractivity contribution >= 4 is 11.8 Å². The Morgan fingerprint density at radius 2 is 2.05 bits per heavy atom. The van der Waals surface area contributed by atoms with Crippen LogP contribution in [0.1, 0.15) is 25.8 Å². The van der Waals surface area contributed by atoms with Crippen LogP contribution in [0, 0.1) is 0 Å². The van der Waals surface area contributed by atoms with Gasteiger partial charge < -0.3 is 15.5 Å². The Bertz CT molecular complexity index is 504. The zero-order valence-corrected chi connectivity index (χ0v) is 13.4. The van der Waals surface area contributed by atoms with Crippen LogP contribution in [-0.2, 0) is 16.0 Å². The first-order valence-electron chi connectivity index (χ1n) is 8.02. The molecule has 1 aliphatic rings. The number of carbonyl (C=O) groups excluding carboxylic acids is 2. The van der Waals surface area contributed by atoms with Gasteiger partial charge >= 0.3 is 0 Å². The van der Waals surface area contributed by atoms with Gasteiger partial charge in [-0.3, -0.25) is 9.59 Å². The number of amides is 2. The van der Waals surface area contributed by atoms with Gasteiger partial charge in [0.2, 0.25) is 0 Å². The Morgan fingerprint density at radius 3 is 2.73 bits per heavy atom. The maximum atomic E-state index is 12.3. The van der Waals surface area contributed by atoms with E-state index in [9.17, 15) is 9.59 Å². The molecule has 2 rings (SSSR count). The number of carbonyl (C=O) groups is 2. The summed E-state index contributed by atoms with van der Waals surface area (Å²) in [6, 6.07) is 10.2. The van der Waals surface area contributed by atoms with Crippen molar-refractivity contribution in [1.29, 1.82) is 0 Å². The highest BCUT2D eigenvalue weighted by atomic mass is 16.2. The van der Waals surface area contributed by atoms with Gasteiger partial charge in [0.05, 0.1) is 13.1 Å². The van der Waals surface area contributed by atoms with Gasteiger partial charge in [-0.1, -0.05) is 30.3 Å². The Labute approximate surface area is 132 Å². The summed E-state index contributed by atoms with van der Waals surface area (Å²) in [6.07, 6.45) is 1.87. The normalized spacial score (nSPS) is 20.8. The second-order valence-corrected chi connectivity index (χ2v) is 6.09. The number of benzene rings is 1. The highest BCUT2D eigenvalue weighted by Gasteiger charge is 2.30. The van der Waals surface area contributed by atoms with E-state index in [0.29, 0.717) is 13.1 Å². The summed E-state index contributed by atoms with van der Waals surface area (Å²) in [7, 11) is 0. The van der Waals surface area contributed by atoms with Gasteiger partial charge in [-0.25, -0.2) is 0 Å². The van der Waals surface area contributed by atoms with Crippen LogP contribution < -0.4 is 15.5 Å². The fourth-order valence-electron chi connectivity index (χ4n) is 2.74. The fourth-order valence-corrected chi connectivity index (χ4v) is 2.74. The largest absolute Gasteiger partial charge is 0.348 e. The molecule has 1 aliphatic heterocycles. The van der Waals surface area contributed by atoms with E-state index < -0.39 is 0 Å². The van der Waals surface area contributed by atoms with Crippen molar-refractivity contribution in [3.8, 4) is 0 Å². The third-order valence-electron chi connectivity index (χ3n) is 4.26. The molecule has 0 spiro atoms.